The van der Waals surface area contributed by atoms with Crippen LogP contribution in [0.2, 0.25) is 0 Å². The highest BCUT2D eigenvalue weighted by Gasteiger charge is 2.21. The minimum atomic E-state index is 1.21. The van der Waals surface area contributed by atoms with Crippen molar-refractivity contribution in [3.8, 4) is 33.4 Å². The summed E-state index contributed by atoms with van der Waals surface area (Å²) in [6, 6.07) is 86.4. The van der Waals surface area contributed by atoms with Crippen LogP contribution in [-0.4, -0.2) is 0 Å². The molecule has 0 aliphatic carbocycles. The summed E-state index contributed by atoms with van der Waals surface area (Å²) in [6.45, 7) is 0. The zero-order valence-electron chi connectivity index (χ0n) is 34.9. The molecule has 0 saturated carbocycles. The van der Waals surface area contributed by atoms with Crippen LogP contribution in [0.4, 0.5) is 0 Å². The molecular weight excluding hydrogens is 769 g/mol. The van der Waals surface area contributed by atoms with Crippen molar-refractivity contribution in [2.24, 2.45) is 0 Å². The molecule has 64 heavy (non-hydrogen) atoms. The van der Waals surface area contributed by atoms with Gasteiger partial charge in [-0.25, -0.2) is 0 Å². The molecule has 0 aromatic heterocycles. The van der Waals surface area contributed by atoms with E-state index in [9.17, 15) is 0 Å². The highest BCUT2D eigenvalue weighted by atomic mass is 14.2. The SMILES string of the molecule is c1ccc2c(c1)cc(-c1ccc3c(-c4ccc5c6ccccc6c6ccccc6c5c4)c4ccccc4c(-c4ccc5c6ccccc6c6ccccc6c5c4)c3c1)c1ccccc12. The van der Waals surface area contributed by atoms with E-state index >= 15 is 0 Å². The van der Waals surface area contributed by atoms with E-state index in [1.54, 1.807) is 0 Å². The van der Waals surface area contributed by atoms with Crippen LogP contribution in [0.25, 0.3) is 141 Å². The molecule has 0 heterocycles. The van der Waals surface area contributed by atoms with Gasteiger partial charge in [-0.2, -0.15) is 0 Å². The lowest BCUT2D eigenvalue weighted by atomic mass is 9.83. The molecular formula is C64H38. The van der Waals surface area contributed by atoms with E-state index in [2.05, 4.69) is 231 Å². The molecule has 14 aromatic carbocycles. The molecule has 0 aliphatic heterocycles. The zero-order valence-corrected chi connectivity index (χ0v) is 34.9. The molecule has 14 aromatic rings. The van der Waals surface area contributed by atoms with Crippen molar-refractivity contribution in [3.63, 3.8) is 0 Å². The Morgan fingerprint density at radius 1 is 0.156 bits per heavy atom. The van der Waals surface area contributed by atoms with Crippen molar-refractivity contribution in [2.75, 3.05) is 0 Å². The summed E-state index contributed by atoms with van der Waals surface area (Å²) in [5, 5.41) is 25.5. The average Bonchev–Trinajstić information content (AvgIpc) is 3.37. The highest BCUT2D eigenvalue weighted by molar-refractivity contribution is 6.29. The Hall–Kier alpha value is -8.32. The molecule has 0 fully saturated rings. The standard InChI is InChI=1S/C64H38/c1-2-16-43-39(15-1)35-59(51-24-10-3-17-44(43)51)40-29-34-58-62(36-40)64(42-31-33-55-50-23-7-5-19-46(50)48-21-9-12-26-53(48)61(55)38-42)57-28-14-13-27-56(57)63(58)41-30-32-54-49-22-6-4-18-45(49)47-20-8-11-25-52(47)60(54)37-41/h1-38H. The second-order valence-electron chi connectivity index (χ2n) is 17.4. The fourth-order valence-corrected chi connectivity index (χ4v) is 11.4. The molecule has 0 saturated heterocycles. The Morgan fingerprint density at radius 2 is 0.438 bits per heavy atom. The normalized spacial score (nSPS) is 12.1. The van der Waals surface area contributed by atoms with Gasteiger partial charge in [0.2, 0.25) is 0 Å². The maximum absolute atomic E-state index is 2.49. The van der Waals surface area contributed by atoms with E-state index < -0.39 is 0 Å². The monoisotopic (exact) mass is 806 g/mol. The number of rotatable bonds is 3. The molecule has 0 atom stereocenters. The Balaban J connectivity index is 1.12. The first kappa shape index (κ1) is 35.3. The average molecular weight is 807 g/mol. The van der Waals surface area contributed by atoms with Gasteiger partial charge in [0, 0.05) is 0 Å². The first-order valence-electron chi connectivity index (χ1n) is 22.3. The summed E-state index contributed by atoms with van der Waals surface area (Å²) in [7, 11) is 0. The maximum atomic E-state index is 2.49. The predicted molar refractivity (Wildman–Crippen MR) is 278 cm³/mol. The number of fused-ring (bicyclic) bond motifs is 17. The molecule has 0 heteroatoms. The molecule has 294 valence electrons. The third-order valence-corrected chi connectivity index (χ3v) is 14.2. The van der Waals surface area contributed by atoms with Gasteiger partial charge < -0.3 is 0 Å². The van der Waals surface area contributed by atoms with Gasteiger partial charge >= 0.3 is 0 Å². The fraction of sp³-hybridized carbons (Fsp3) is 0. The minimum Gasteiger partial charge on any atom is -0.0616 e. The third-order valence-electron chi connectivity index (χ3n) is 14.2. The van der Waals surface area contributed by atoms with Crippen LogP contribution in [0.1, 0.15) is 0 Å². The molecule has 14 rings (SSSR count). The summed E-state index contributed by atoms with van der Waals surface area (Å²) in [4.78, 5) is 0. The highest BCUT2D eigenvalue weighted by Crippen LogP contribution is 2.48. The van der Waals surface area contributed by atoms with Crippen LogP contribution in [0.3, 0.4) is 0 Å². The summed E-state index contributed by atoms with van der Waals surface area (Å²) >= 11 is 0. The quantitative estimate of drug-likeness (QED) is 0.123. The molecule has 0 unspecified atom stereocenters. The van der Waals surface area contributed by atoms with Gasteiger partial charge in [0.05, 0.1) is 0 Å². The second kappa shape index (κ2) is 13.6. The van der Waals surface area contributed by atoms with E-state index in [1.165, 1.54) is 141 Å². The van der Waals surface area contributed by atoms with Crippen LogP contribution >= 0.6 is 0 Å². The lowest BCUT2D eigenvalue weighted by molar-refractivity contribution is 1.67. The van der Waals surface area contributed by atoms with E-state index in [0.717, 1.165) is 0 Å². The van der Waals surface area contributed by atoms with Crippen molar-refractivity contribution in [1.82, 2.24) is 0 Å². The van der Waals surface area contributed by atoms with E-state index in [4.69, 9.17) is 0 Å². The fourth-order valence-electron chi connectivity index (χ4n) is 11.4. The summed E-state index contributed by atoms with van der Waals surface area (Å²) in [5.74, 6) is 0. The Labute approximate surface area is 369 Å². The Kier molecular flexibility index (Phi) is 7.49. The first-order valence-corrected chi connectivity index (χ1v) is 22.3. The predicted octanol–water partition coefficient (Wildman–Crippen LogP) is 18.2. The Bertz CT molecular complexity index is 4230. The van der Waals surface area contributed by atoms with Crippen molar-refractivity contribution in [1.29, 1.82) is 0 Å². The van der Waals surface area contributed by atoms with Crippen LogP contribution < -0.4 is 0 Å². The van der Waals surface area contributed by atoms with Crippen LogP contribution in [-0.2, 0) is 0 Å². The van der Waals surface area contributed by atoms with Gasteiger partial charge in [-0.3, -0.25) is 0 Å². The lowest BCUT2D eigenvalue weighted by Gasteiger charge is -2.20. The van der Waals surface area contributed by atoms with E-state index in [-0.39, 0.29) is 0 Å². The summed E-state index contributed by atoms with van der Waals surface area (Å²) in [5.41, 5.74) is 7.43. The van der Waals surface area contributed by atoms with Gasteiger partial charge in [0.25, 0.3) is 0 Å². The topological polar surface area (TPSA) is 0 Å². The van der Waals surface area contributed by atoms with E-state index in [1.807, 2.05) is 0 Å². The first-order chi connectivity index (χ1) is 31.8. The molecule has 0 radical (unpaired) electrons. The van der Waals surface area contributed by atoms with Gasteiger partial charge in [-0.05, 0) is 165 Å². The maximum Gasteiger partial charge on any atom is -0.00259 e. The number of benzene rings is 14. The summed E-state index contributed by atoms with van der Waals surface area (Å²) in [6.07, 6.45) is 0. The molecule has 0 bridgehead atoms. The zero-order chi connectivity index (χ0) is 41.9. The minimum absolute atomic E-state index is 1.21. The van der Waals surface area contributed by atoms with Gasteiger partial charge in [0.15, 0.2) is 0 Å². The van der Waals surface area contributed by atoms with Crippen LogP contribution in [0, 0.1) is 0 Å². The van der Waals surface area contributed by atoms with Crippen LogP contribution in [0.15, 0.2) is 231 Å². The third kappa shape index (κ3) is 5.05. The van der Waals surface area contributed by atoms with Crippen molar-refractivity contribution in [3.05, 3.63) is 231 Å². The Morgan fingerprint density at radius 3 is 0.906 bits per heavy atom. The number of hydrogen-bond acceptors (Lipinski definition) is 0. The van der Waals surface area contributed by atoms with Crippen molar-refractivity contribution >= 4 is 108 Å². The summed E-state index contributed by atoms with van der Waals surface area (Å²) < 4.78 is 0. The van der Waals surface area contributed by atoms with Gasteiger partial charge in [0.1, 0.15) is 0 Å². The van der Waals surface area contributed by atoms with Gasteiger partial charge in [-0.15, -0.1) is 0 Å². The molecule has 0 nitrogen and oxygen atoms in total. The molecule has 0 N–H and O–H groups in total. The van der Waals surface area contributed by atoms with Crippen molar-refractivity contribution in [2.45, 2.75) is 0 Å². The lowest BCUT2D eigenvalue weighted by Crippen LogP contribution is -1.93. The van der Waals surface area contributed by atoms with E-state index in [0.29, 0.717) is 0 Å². The van der Waals surface area contributed by atoms with Crippen LogP contribution in [0.5, 0.6) is 0 Å². The molecule has 0 spiro atoms. The molecule has 0 aliphatic rings. The second-order valence-corrected chi connectivity index (χ2v) is 17.4. The smallest absolute Gasteiger partial charge is 0.00259 e. The van der Waals surface area contributed by atoms with Crippen molar-refractivity contribution < 1.29 is 0 Å². The largest absolute Gasteiger partial charge is 0.0616 e. The number of hydrogen-bond donors (Lipinski definition) is 0. The molecule has 0 amide bonds. The van der Waals surface area contributed by atoms with Gasteiger partial charge in [-0.1, -0.05) is 206 Å².